The Kier molecular flexibility index (Phi) is 5.57. The number of pyridine rings is 1. The number of fused-ring (bicyclic) bond motifs is 1. The van der Waals surface area contributed by atoms with Crippen LogP contribution in [0.2, 0.25) is 0 Å². The average Bonchev–Trinajstić information content (AvgIpc) is 3.26. The standard InChI is InChI=1S/C24H21F3N2O5/c25-15-1-2-18(26)14(9-15)12-29-13-17(23(31)32)22(30)16-10-19(27)21(11-20(16)29)28-5-3-24(4-6-28)33-7-8-34-24/h1-2,9-11,13H,3-8,12H2,(H,31,32). The van der Waals surface area contributed by atoms with Crippen LogP contribution < -0.4 is 10.3 Å². The Morgan fingerprint density at radius 2 is 1.74 bits per heavy atom. The van der Waals surface area contributed by atoms with Crippen LogP contribution in [0.1, 0.15) is 28.8 Å². The maximum Gasteiger partial charge on any atom is 0.341 e. The van der Waals surface area contributed by atoms with E-state index in [0.29, 0.717) is 39.1 Å². The number of halogens is 3. The number of carbonyl (C=O) groups is 1. The number of piperidine rings is 1. The third-order valence-electron chi connectivity index (χ3n) is 6.41. The maximum absolute atomic E-state index is 15.2. The molecule has 5 rings (SSSR count). The van der Waals surface area contributed by atoms with Crippen LogP contribution in [0.15, 0.2) is 41.3 Å². The minimum atomic E-state index is -1.50. The van der Waals surface area contributed by atoms with Crippen molar-refractivity contribution in [3.63, 3.8) is 0 Å². The topological polar surface area (TPSA) is 81.0 Å². The van der Waals surface area contributed by atoms with Gasteiger partial charge in [-0.25, -0.2) is 18.0 Å². The number of benzene rings is 2. The Hall–Kier alpha value is -3.37. The molecule has 34 heavy (non-hydrogen) atoms. The molecule has 0 bridgehead atoms. The summed E-state index contributed by atoms with van der Waals surface area (Å²) in [5.41, 5.74) is -1.05. The predicted octanol–water partition coefficient (Wildman–Crippen LogP) is 3.51. The van der Waals surface area contributed by atoms with Gasteiger partial charge in [0.15, 0.2) is 5.79 Å². The van der Waals surface area contributed by atoms with Gasteiger partial charge in [-0.3, -0.25) is 4.79 Å². The Morgan fingerprint density at radius 3 is 2.41 bits per heavy atom. The third-order valence-corrected chi connectivity index (χ3v) is 6.41. The van der Waals surface area contributed by atoms with E-state index in [1.165, 1.54) is 10.6 Å². The van der Waals surface area contributed by atoms with E-state index in [4.69, 9.17) is 9.47 Å². The van der Waals surface area contributed by atoms with Crippen molar-refractivity contribution in [3.05, 3.63) is 75.3 Å². The van der Waals surface area contributed by atoms with E-state index in [9.17, 15) is 23.5 Å². The Bertz CT molecular complexity index is 1340. The van der Waals surface area contributed by atoms with Crippen molar-refractivity contribution in [1.29, 1.82) is 0 Å². The van der Waals surface area contributed by atoms with Gasteiger partial charge in [0.05, 0.1) is 31.0 Å². The molecule has 7 nitrogen and oxygen atoms in total. The molecule has 0 unspecified atom stereocenters. The molecule has 0 radical (unpaired) electrons. The first-order chi connectivity index (χ1) is 16.3. The second-order valence-electron chi connectivity index (χ2n) is 8.46. The molecular formula is C24H21F3N2O5. The number of carboxylic acids is 1. The van der Waals surface area contributed by atoms with Crippen LogP contribution in [0.4, 0.5) is 18.9 Å². The number of ether oxygens (including phenoxy) is 2. The molecule has 1 N–H and O–H groups in total. The van der Waals surface area contributed by atoms with Gasteiger partial charge in [0.25, 0.3) is 0 Å². The molecular weight excluding hydrogens is 453 g/mol. The number of aromatic nitrogens is 1. The highest BCUT2D eigenvalue weighted by Crippen LogP contribution is 2.35. The highest BCUT2D eigenvalue weighted by molar-refractivity contribution is 5.93. The lowest BCUT2D eigenvalue weighted by Gasteiger charge is -2.38. The van der Waals surface area contributed by atoms with Crippen molar-refractivity contribution < 1.29 is 32.5 Å². The van der Waals surface area contributed by atoms with Crippen LogP contribution in [0.3, 0.4) is 0 Å². The van der Waals surface area contributed by atoms with E-state index in [1.807, 2.05) is 0 Å². The Morgan fingerprint density at radius 1 is 1.03 bits per heavy atom. The molecule has 2 saturated heterocycles. The van der Waals surface area contributed by atoms with E-state index < -0.39 is 40.2 Å². The van der Waals surface area contributed by atoms with Crippen molar-refractivity contribution in [2.75, 3.05) is 31.2 Å². The van der Waals surface area contributed by atoms with Crippen molar-refractivity contribution in [2.24, 2.45) is 0 Å². The molecule has 0 aliphatic carbocycles. The number of hydrogen-bond acceptors (Lipinski definition) is 5. The fraction of sp³-hybridized carbons (Fsp3) is 0.333. The summed E-state index contributed by atoms with van der Waals surface area (Å²) in [5, 5.41) is 9.31. The van der Waals surface area contributed by atoms with E-state index in [0.717, 1.165) is 30.5 Å². The number of nitrogens with zero attached hydrogens (tertiary/aromatic N) is 2. The summed E-state index contributed by atoms with van der Waals surface area (Å²) < 4.78 is 56.0. The normalized spacial score (nSPS) is 17.6. The van der Waals surface area contributed by atoms with Gasteiger partial charge in [-0.1, -0.05) is 0 Å². The number of anilines is 1. The summed E-state index contributed by atoms with van der Waals surface area (Å²) >= 11 is 0. The Balaban J connectivity index is 1.60. The number of aromatic carboxylic acids is 1. The smallest absolute Gasteiger partial charge is 0.341 e. The molecule has 10 heteroatoms. The zero-order valence-electron chi connectivity index (χ0n) is 18.0. The molecule has 0 amide bonds. The highest BCUT2D eigenvalue weighted by Gasteiger charge is 2.40. The lowest BCUT2D eigenvalue weighted by molar-refractivity contribution is -0.169. The van der Waals surface area contributed by atoms with Crippen LogP contribution in [-0.4, -0.2) is 47.7 Å². The first kappa shape index (κ1) is 22.4. The summed E-state index contributed by atoms with van der Waals surface area (Å²) in [5.74, 6) is -4.18. The zero-order chi connectivity index (χ0) is 24.0. The van der Waals surface area contributed by atoms with Crippen LogP contribution in [-0.2, 0) is 16.0 Å². The Labute approximate surface area is 191 Å². The van der Waals surface area contributed by atoms with Gasteiger partial charge in [-0.15, -0.1) is 0 Å². The molecule has 0 atom stereocenters. The second kappa shape index (κ2) is 8.44. The average molecular weight is 474 g/mol. The van der Waals surface area contributed by atoms with Gasteiger partial charge in [0.2, 0.25) is 5.43 Å². The summed E-state index contributed by atoms with van der Waals surface area (Å²) in [6.07, 6.45) is 2.14. The second-order valence-corrected chi connectivity index (χ2v) is 8.46. The molecule has 3 heterocycles. The van der Waals surface area contributed by atoms with Crippen molar-refractivity contribution in [1.82, 2.24) is 4.57 Å². The maximum atomic E-state index is 15.2. The number of carboxylic acid groups (broad SMARTS) is 1. The molecule has 1 spiro atoms. The lowest BCUT2D eigenvalue weighted by atomic mass is 10.0. The molecule has 1 aromatic heterocycles. The van der Waals surface area contributed by atoms with Crippen molar-refractivity contribution >= 4 is 22.6 Å². The highest BCUT2D eigenvalue weighted by atomic mass is 19.1. The van der Waals surface area contributed by atoms with Crippen molar-refractivity contribution in [3.8, 4) is 0 Å². The summed E-state index contributed by atoms with van der Waals surface area (Å²) in [6.45, 7) is 1.66. The van der Waals surface area contributed by atoms with E-state index >= 15 is 4.39 Å². The van der Waals surface area contributed by atoms with E-state index in [-0.39, 0.29) is 28.7 Å². The minimum absolute atomic E-state index is 0.0393. The molecule has 178 valence electrons. The summed E-state index contributed by atoms with van der Waals surface area (Å²) in [7, 11) is 0. The van der Waals surface area contributed by atoms with Crippen molar-refractivity contribution in [2.45, 2.75) is 25.2 Å². The van der Waals surface area contributed by atoms with Crippen LogP contribution in [0, 0.1) is 17.5 Å². The first-order valence-corrected chi connectivity index (χ1v) is 10.8. The lowest BCUT2D eigenvalue weighted by Crippen LogP contribution is -2.45. The summed E-state index contributed by atoms with van der Waals surface area (Å²) in [4.78, 5) is 26.2. The fourth-order valence-corrected chi connectivity index (χ4v) is 4.65. The van der Waals surface area contributed by atoms with Gasteiger partial charge in [0, 0.05) is 43.1 Å². The van der Waals surface area contributed by atoms with Gasteiger partial charge < -0.3 is 24.0 Å². The molecule has 0 saturated carbocycles. The summed E-state index contributed by atoms with van der Waals surface area (Å²) in [6, 6.07) is 5.39. The van der Waals surface area contributed by atoms with Gasteiger partial charge in [0.1, 0.15) is 23.0 Å². The number of hydrogen-bond donors (Lipinski definition) is 1. The fourth-order valence-electron chi connectivity index (χ4n) is 4.65. The van der Waals surface area contributed by atoms with Gasteiger partial charge in [-0.2, -0.15) is 0 Å². The quantitative estimate of drug-likeness (QED) is 0.624. The third kappa shape index (κ3) is 3.92. The monoisotopic (exact) mass is 474 g/mol. The van der Waals surface area contributed by atoms with Crippen LogP contribution in [0.5, 0.6) is 0 Å². The largest absolute Gasteiger partial charge is 0.477 e. The predicted molar refractivity (Wildman–Crippen MR) is 117 cm³/mol. The molecule has 2 aliphatic heterocycles. The van der Waals surface area contributed by atoms with Gasteiger partial charge in [-0.05, 0) is 30.3 Å². The van der Waals surface area contributed by atoms with E-state index in [2.05, 4.69) is 0 Å². The first-order valence-electron chi connectivity index (χ1n) is 10.8. The zero-order valence-corrected chi connectivity index (χ0v) is 18.0. The molecule has 3 aromatic rings. The minimum Gasteiger partial charge on any atom is -0.477 e. The van der Waals surface area contributed by atoms with E-state index in [1.54, 1.807) is 4.90 Å². The molecule has 2 aliphatic rings. The van der Waals surface area contributed by atoms with Crippen LogP contribution in [0.25, 0.3) is 10.9 Å². The molecule has 2 aromatic carbocycles. The van der Waals surface area contributed by atoms with Crippen LogP contribution >= 0.6 is 0 Å². The van der Waals surface area contributed by atoms with Gasteiger partial charge >= 0.3 is 5.97 Å². The SMILES string of the molecule is O=C(O)c1cn(Cc2cc(F)ccc2F)c2cc(N3CCC4(CC3)OCCO4)c(F)cc2c1=O. The molecule has 2 fully saturated rings. The number of rotatable bonds is 4.